The number of aromatic hydroxyl groups is 1. The van der Waals surface area contributed by atoms with E-state index in [1.54, 1.807) is 0 Å². The smallest absolute Gasteiger partial charge is 0.329 e. The highest BCUT2D eigenvalue weighted by molar-refractivity contribution is 6.34. The molecule has 6 nitrogen and oxygen atoms in total. The normalized spacial score (nSPS) is 12.4. The van der Waals surface area contributed by atoms with Crippen molar-refractivity contribution in [2.75, 3.05) is 0 Å². The van der Waals surface area contributed by atoms with Gasteiger partial charge >= 0.3 is 11.8 Å². The molecule has 6 heteroatoms. The number of phenolic OH excluding ortho intramolecular Hbond substituents is 1. The number of carbonyl (C=O) groups is 2. The van der Waals surface area contributed by atoms with Crippen LogP contribution in [0.2, 0.25) is 0 Å². The van der Waals surface area contributed by atoms with Crippen LogP contribution in [0.3, 0.4) is 0 Å². The molecule has 0 heterocycles. The minimum atomic E-state index is -1.10. The molecule has 23 heavy (non-hydrogen) atoms. The van der Waals surface area contributed by atoms with Gasteiger partial charge in [-0.2, -0.15) is 5.10 Å². The summed E-state index contributed by atoms with van der Waals surface area (Å²) in [5.74, 6) is -1.81. The van der Waals surface area contributed by atoms with E-state index in [-0.39, 0.29) is 16.6 Å². The lowest BCUT2D eigenvalue weighted by Gasteiger charge is -2.27. The van der Waals surface area contributed by atoms with Crippen molar-refractivity contribution in [3.05, 3.63) is 28.8 Å². The maximum absolute atomic E-state index is 11.1. The van der Waals surface area contributed by atoms with Gasteiger partial charge in [0.2, 0.25) is 0 Å². The molecule has 2 amide bonds. The molecule has 0 unspecified atom stereocenters. The number of amides is 2. The zero-order valence-electron chi connectivity index (χ0n) is 14.5. The van der Waals surface area contributed by atoms with E-state index >= 15 is 0 Å². The zero-order chi connectivity index (χ0) is 18.0. The number of primary amides is 1. The fourth-order valence-corrected chi connectivity index (χ4v) is 2.10. The van der Waals surface area contributed by atoms with Gasteiger partial charge in [-0.1, -0.05) is 41.5 Å². The Balaban J connectivity index is 3.31. The summed E-state index contributed by atoms with van der Waals surface area (Å²) in [6, 6.07) is 3.62. The molecule has 4 N–H and O–H groups in total. The van der Waals surface area contributed by atoms with Crippen LogP contribution >= 0.6 is 0 Å². The van der Waals surface area contributed by atoms with Crippen molar-refractivity contribution in [2.24, 2.45) is 10.8 Å². The van der Waals surface area contributed by atoms with Gasteiger partial charge in [-0.05, 0) is 28.5 Å². The van der Waals surface area contributed by atoms with E-state index in [0.717, 1.165) is 11.1 Å². The van der Waals surface area contributed by atoms with E-state index in [1.165, 1.54) is 6.21 Å². The van der Waals surface area contributed by atoms with E-state index < -0.39 is 11.8 Å². The van der Waals surface area contributed by atoms with E-state index in [9.17, 15) is 14.7 Å². The predicted molar refractivity (Wildman–Crippen MR) is 90.4 cm³/mol. The minimum absolute atomic E-state index is 0.260. The van der Waals surface area contributed by atoms with Crippen molar-refractivity contribution in [3.8, 4) is 5.75 Å². The summed E-state index contributed by atoms with van der Waals surface area (Å²) < 4.78 is 0. The van der Waals surface area contributed by atoms with Gasteiger partial charge < -0.3 is 10.8 Å². The number of rotatable bonds is 2. The number of nitrogens with two attached hydrogens (primary N) is 1. The van der Waals surface area contributed by atoms with Crippen LogP contribution in [0.15, 0.2) is 17.2 Å². The third kappa shape index (κ3) is 4.81. The van der Waals surface area contributed by atoms with Gasteiger partial charge in [0.15, 0.2) is 0 Å². The number of hydrogen-bond donors (Lipinski definition) is 3. The van der Waals surface area contributed by atoms with Crippen LogP contribution in [0, 0.1) is 0 Å². The fraction of sp³-hybridized carbons (Fsp3) is 0.471. The van der Waals surface area contributed by atoms with Crippen LogP contribution in [0.5, 0.6) is 5.75 Å². The molecule has 0 radical (unpaired) electrons. The van der Waals surface area contributed by atoms with Crippen LogP contribution in [0.25, 0.3) is 0 Å². The number of benzene rings is 1. The lowest BCUT2D eigenvalue weighted by atomic mass is 9.78. The van der Waals surface area contributed by atoms with Crippen molar-refractivity contribution in [3.63, 3.8) is 0 Å². The maximum Gasteiger partial charge on any atom is 0.329 e. The Morgan fingerprint density at radius 1 is 1.09 bits per heavy atom. The molecule has 0 spiro atoms. The van der Waals surface area contributed by atoms with E-state index in [1.807, 2.05) is 53.7 Å². The number of hydrazone groups is 1. The molecule has 0 aliphatic heterocycles. The Hall–Kier alpha value is -2.37. The topological polar surface area (TPSA) is 105 Å². The molecule has 1 rings (SSSR count). The van der Waals surface area contributed by atoms with Crippen molar-refractivity contribution >= 4 is 18.0 Å². The van der Waals surface area contributed by atoms with E-state index in [0.29, 0.717) is 5.56 Å². The Morgan fingerprint density at radius 3 is 1.87 bits per heavy atom. The first-order valence-electron chi connectivity index (χ1n) is 7.35. The monoisotopic (exact) mass is 319 g/mol. The Morgan fingerprint density at radius 2 is 1.52 bits per heavy atom. The summed E-state index contributed by atoms with van der Waals surface area (Å²) in [7, 11) is 0. The van der Waals surface area contributed by atoms with Crippen LogP contribution < -0.4 is 11.2 Å². The second-order valence-corrected chi connectivity index (χ2v) is 7.53. The van der Waals surface area contributed by atoms with Crippen molar-refractivity contribution < 1.29 is 14.7 Å². The van der Waals surface area contributed by atoms with Gasteiger partial charge in [0.05, 0.1) is 6.21 Å². The Labute approximate surface area is 136 Å². The number of nitrogens with one attached hydrogen (secondary N) is 1. The molecule has 0 fully saturated rings. The molecule has 1 aromatic carbocycles. The third-order valence-corrected chi connectivity index (χ3v) is 3.35. The summed E-state index contributed by atoms with van der Waals surface area (Å²) in [6.07, 6.45) is 1.42. The van der Waals surface area contributed by atoms with Crippen molar-refractivity contribution in [2.45, 2.75) is 52.4 Å². The quantitative estimate of drug-likeness (QED) is 0.440. The molecule has 0 aliphatic rings. The highest BCUT2D eigenvalue weighted by Crippen LogP contribution is 2.39. The number of carbonyl (C=O) groups excluding carboxylic acids is 2. The van der Waals surface area contributed by atoms with Gasteiger partial charge in [0, 0.05) is 11.1 Å². The third-order valence-electron chi connectivity index (χ3n) is 3.35. The van der Waals surface area contributed by atoms with Crippen LogP contribution in [-0.4, -0.2) is 23.1 Å². The zero-order valence-corrected chi connectivity index (χ0v) is 14.5. The molecule has 0 aliphatic carbocycles. The average Bonchev–Trinajstić information content (AvgIpc) is 2.37. The summed E-state index contributed by atoms with van der Waals surface area (Å²) in [5.41, 5.74) is 8.66. The van der Waals surface area contributed by atoms with Gasteiger partial charge in [0.25, 0.3) is 0 Å². The molecule has 0 atom stereocenters. The molecule has 126 valence electrons. The fourth-order valence-electron chi connectivity index (χ4n) is 2.10. The van der Waals surface area contributed by atoms with Crippen molar-refractivity contribution in [1.82, 2.24) is 5.43 Å². The van der Waals surface area contributed by atoms with Gasteiger partial charge in [-0.15, -0.1) is 0 Å². The Bertz CT molecular complexity index is 615. The first kappa shape index (κ1) is 18.7. The molecule has 0 aromatic heterocycles. The molecular weight excluding hydrogens is 294 g/mol. The largest absolute Gasteiger partial charge is 0.507 e. The van der Waals surface area contributed by atoms with Gasteiger partial charge in [-0.3, -0.25) is 9.59 Å². The summed E-state index contributed by atoms with van der Waals surface area (Å²) in [4.78, 5) is 21.8. The summed E-state index contributed by atoms with van der Waals surface area (Å²) in [5, 5.41) is 14.3. The summed E-state index contributed by atoms with van der Waals surface area (Å²) in [6.45, 7) is 12.0. The van der Waals surface area contributed by atoms with Crippen LogP contribution in [0.1, 0.15) is 58.2 Å². The second kappa shape index (κ2) is 6.40. The Kier molecular flexibility index (Phi) is 5.20. The minimum Gasteiger partial charge on any atom is -0.507 e. The molecule has 0 saturated carbocycles. The highest BCUT2D eigenvalue weighted by atomic mass is 16.3. The van der Waals surface area contributed by atoms with Crippen LogP contribution in [0.4, 0.5) is 0 Å². The SMILES string of the molecule is CC(C)(C)c1cc(/C=N/NC(=O)C(N)=O)cc(C(C)(C)C)c1O. The predicted octanol–water partition coefficient (Wildman–Crippen LogP) is 1.92. The van der Waals surface area contributed by atoms with E-state index in [2.05, 4.69) is 10.5 Å². The number of hydrogen-bond acceptors (Lipinski definition) is 4. The number of nitrogens with zero attached hydrogens (tertiary/aromatic N) is 1. The lowest BCUT2D eigenvalue weighted by Crippen LogP contribution is -2.32. The molecule has 0 bridgehead atoms. The molecule has 0 saturated heterocycles. The lowest BCUT2D eigenvalue weighted by molar-refractivity contribution is -0.137. The highest BCUT2D eigenvalue weighted by Gasteiger charge is 2.26. The first-order valence-corrected chi connectivity index (χ1v) is 7.35. The average molecular weight is 319 g/mol. The second-order valence-electron chi connectivity index (χ2n) is 7.53. The number of phenols is 1. The van der Waals surface area contributed by atoms with Gasteiger partial charge in [0.1, 0.15) is 5.75 Å². The summed E-state index contributed by atoms with van der Waals surface area (Å²) >= 11 is 0. The first-order chi connectivity index (χ1) is 10.3. The van der Waals surface area contributed by atoms with E-state index in [4.69, 9.17) is 5.73 Å². The standard InChI is InChI=1S/C17H25N3O3/c1-16(2,3)11-7-10(9-19-20-15(23)14(18)22)8-12(13(11)21)17(4,5)6/h7-9,21H,1-6H3,(H2,18,22)(H,20,23)/b19-9+. The maximum atomic E-state index is 11.1. The molecular formula is C17H25N3O3. The van der Waals surface area contributed by atoms with Gasteiger partial charge in [-0.25, -0.2) is 5.43 Å². The molecule has 1 aromatic rings. The van der Waals surface area contributed by atoms with Crippen molar-refractivity contribution in [1.29, 1.82) is 0 Å². The van der Waals surface area contributed by atoms with Crippen LogP contribution in [-0.2, 0) is 20.4 Å².